The molecule has 0 radical (unpaired) electrons. The minimum absolute atomic E-state index is 0.0982. The van der Waals surface area contributed by atoms with Crippen molar-refractivity contribution in [1.29, 1.82) is 0 Å². The first-order chi connectivity index (χ1) is 12.7. The van der Waals surface area contributed by atoms with Crippen molar-refractivity contribution in [3.63, 3.8) is 0 Å². The number of benzene rings is 2. The van der Waals surface area contributed by atoms with Crippen molar-refractivity contribution >= 4 is 17.3 Å². The highest BCUT2D eigenvalue weighted by Gasteiger charge is 2.07. The van der Waals surface area contributed by atoms with E-state index in [1.807, 2.05) is 55.5 Å². The largest absolute Gasteiger partial charge is 0.354 e. The monoisotopic (exact) mass is 345 g/mol. The molecule has 0 unspecified atom stereocenters. The minimum Gasteiger partial charge on any atom is -0.354 e. The first kappa shape index (κ1) is 17.7. The molecular formula is C22H23N3O. The number of nitrogens with one attached hydrogen (secondary N) is 2. The number of anilines is 2. The normalized spacial score (nSPS) is 10.3. The van der Waals surface area contributed by atoms with Crippen molar-refractivity contribution in [3.8, 4) is 0 Å². The molecular weight excluding hydrogens is 322 g/mol. The number of amides is 1. The van der Waals surface area contributed by atoms with Crippen LogP contribution in [0.25, 0.3) is 0 Å². The van der Waals surface area contributed by atoms with Crippen LogP contribution in [0.15, 0.2) is 73.1 Å². The van der Waals surface area contributed by atoms with Crippen LogP contribution in [0.1, 0.15) is 27.9 Å². The van der Waals surface area contributed by atoms with Crippen molar-refractivity contribution < 1.29 is 4.79 Å². The number of carbonyl (C=O) groups excluding carboxylic acids is 1. The molecule has 1 amide bonds. The Kier molecular flexibility index (Phi) is 5.99. The Hall–Kier alpha value is -3.14. The Morgan fingerprint density at radius 2 is 1.77 bits per heavy atom. The first-order valence-electron chi connectivity index (χ1n) is 8.82. The van der Waals surface area contributed by atoms with Gasteiger partial charge < -0.3 is 10.6 Å². The molecule has 1 aromatic heterocycles. The molecule has 0 saturated carbocycles. The Bertz CT molecular complexity index is 862. The van der Waals surface area contributed by atoms with E-state index in [-0.39, 0.29) is 5.91 Å². The summed E-state index contributed by atoms with van der Waals surface area (Å²) in [4.78, 5) is 16.5. The van der Waals surface area contributed by atoms with Gasteiger partial charge in [0.1, 0.15) is 0 Å². The maximum Gasteiger partial charge on any atom is 0.252 e. The van der Waals surface area contributed by atoms with E-state index in [0.717, 1.165) is 29.8 Å². The van der Waals surface area contributed by atoms with Gasteiger partial charge in [0, 0.05) is 18.4 Å². The van der Waals surface area contributed by atoms with Gasteiger partial charge in [0.15, 0.2) is 0 Å². The molecule has 132 valence electrons. The minimum atomic E-state index is -0.0982. The van der Waals surface area contributed by atoms with Gasteiger partial charge in [0.25, 0.3) is 5.91 Å². The topological polar surface area (TPSA) is 54.0 Å². The van der Waals surface area contributed by atoms with Crippen LogP contribution in [0.5, 0.6) is 0 Å². The van der Waals surface area contributed by atoms with Gasteiger partial charge in [-0.1, -0.05) is 48.5 Å². The molecule has 4 nitrogen and oxygen atoms in total. The fourth-order valence-electron chi connectivity index (χ4n) is 2.74. The highest BCUT2D eigenvalue weighted by molar-refractivity contribution is 5.94. The van der Waals surface area contributed by atoms with Gasteiger partial charge in [-0.25, -0.2) is 0 Å². The highest BCUT2D eigenvalue weighted by atomic mass is 16.1. The number of nitrogens with zero attached hydrogens (tertiary/aromatic N) is 1. The summed E-state index contributed by atoms with van der Waals surface area (Å²) in [6.07, 6.45) is 5.17. The second-order valence-corrected chi connectivity index (χ2v) is 6.25. The SMILES string of the molecule is Cc1ccccc1Nc1cncc(C(=O)NCCCc2ccccc2)c1. The van der Waals surface area contributed by atoms with Gasteiger partial charge in [0.2, 0.25) is 0 Å². The van der Waals surface area contributed by atoms with E-state index in [4.69, 9.17) is 0 Å². The summed E-state index contributed by atoms with van der Waals surface area (Å²) < 4.78 is 0. The molecule has 0 aliphatic heterocycles. The third-order valence-electron chi connectivity index (χ3n) is 4.20. The van der Waals surface area contributed by atoms with Gasteiger partial charge in [-0.05, 0) is 43.0 Å². The molecule has 0 spiro atoms. The lowest BCUT2D eigenvalue weighted by Crippen LogP contribution is -2.25. The summed E-state index contributed by atoms with van der Waals surface area (Å²) in [5.41, 5.74) is 4.80. The van der Waals surface area contributed by atoms with Crippen molar-refractivity contribution in [3.05, 3.63) is 89.7 Å². The van der Waals surface area contributed by atoms with Crippen molar-refractivity contribution in [2.24, 2.45) is 0 Å². The molecule has 3 rings (SSSR count). The number of aromatic nitrogens is 1. The molecule has 4 heteroatoms. The van der Waals surface area contributed by atoms with E-state index in [2.05, 4.69) is 27.8 Å². The molecule has 26 heavy (non-hydrogen) atoms. The van der Waals surface area contributed by atoms with E-state index < -0.39 is 0 Å². The predicted molar refractivity (Wildman–Crippen MR) is 106 cm³/mol. The zero-order valence-corrected chi connectivity index (χ0v) is 14.9. The summed E-state index contributed by atoms with van der Waals surface area (Å²) in [5.74, 6) is -0.0982. The first-order valence-corrected chi connectivity index (χ1v) is 8.82. The molecule has 0 bridgehead atoms. The number of aryl methyl sites for hydroxylation is 2. The third-order valence-corrected chi connectivity index (χ3v) is 4.20. The van der Waals surface area contributed by atoms with Gasteiger partial charge >= 0.3 is 0 Å². The molecule has 3 aromatic rings. The van der Waals surface area contributed by atoms with E-state index in [1.165, 1.54) is 5.56 Å². The van der Waals surface area contributed by atoms with Crippen LogP contribution in [0.3, 0.4) is 0 Å². The second-order valence-electron chi connectivity index (χ2n) is 6.25. The Morgan fingerprint density at radius 1 is 1.00 bits per heavy atom. The molecule has 0 aliphatic rings. The van der Waals surface area contributed by atoms with Gasteiger partial charge in [-0.2, -0.15) is 0 Å². The van der Waals surface area contributed by atoms with Crippen LogP contribution in [0, 0.1) is 6.92 Å². The number of hydrogen-bond acceptors (Lipinski definition) is 3. The Morgan fingerprint density at radius 3 is 2.58 bits per heavy atom. The summed E-state index contributed by atoms with van der Waals surface area (Å²) in [5, 5.41) is 6.28. The maximum absolute atomic E-state index is 12.3. The lowest BCUT2D eigenvalue weighted by Gasteiger charge is -2.10. The van der Waals surface area contributed by atoms with Crippen LogP contribution in [0.4, 0.5) is 11.4 Å². The molecule has 1 heterocycles. The number of pyridine rings is 1. The van der Waals surface area contributed by atoms with Crippen LogP contribution >= 0.6 is 0 Å². The van der Waals surface area contributed by atoms with E-state index >= 15 is 0 Å². The van der Waals surface area contributed by atoms with Gasteiger partial charge in [-0.15, -0.1) is 0 Å². The number of rotatable bonds is 7. The average molecular weight is 345 g/mol. The molecule has 2 N–H and O–H groups in total. The zero-order chi connectivity index (χ0) is 18.2. The van der Waals surface area contributed by atoms with E-state index in [9.17, 15) is 4.79 Å². The van der Waals surface area contributed by atoms with Crippen LogP contribution in [-0.2, 0) is 6.42 Å². The fraction of sp³-hybridized carbons (Fsp3) is 0.182. The summed E-state index contributed by atoms with van der Waals surface area (Å²) in [7, 11) is 0. The highest BCUT2D eigenvalue weighted by Crippen LogP contribution is 2.20. The lowest BCUT2D eigenvalue weighted by molar-refractivity contribution is 0.0953. The summed E-state index contributed by atoms with van der Waals surface area (Å²) >= 11 is 0. The zero-order valence-electron chi connectivity index (χ0n) is 14.9. The Labute approximate surface area is 154 Å². The van der Waals surface area contributed by atoms with Crippen LogP contribution < -0.4 is 10.6 Å². The quantitative estimate of drug-likeness (QED) is 0.620. The van der Waals surface area contributed by atoms with Crippen molar-refractivity contribution in [1.82, 2.24) is 10.3 Å². The molecule has 0 saturated heterocycles. The molecule has 0 aliphatic carbocycles. The molecule has 0 fully saturated rings. The van der Waals surface area contributed by atoms with E-state index in [0.29, 0.717) is 12.1 Å². The number of carbonyl (C=O) groups is 1. The number of hydrogen-bond donors (Lipinski definition) is 2. The number of para-hydroxylation sites is 1. The molecule has 2 aromatic carbocycles. The maximum atomic E-state index is 12.3. The van der Waals surface area contributed by atoms with Crippen molar-refractivity contribution in [2.45, 2.75) is 19.8 Å². The van der Waals surface area contributed by atoms with Crippen LogP contribution in [-0.4, -0.2) is 17.4 Å². The third kappa shape index (κ3) is 4.93. The standard InChI is InChI=1S/C22H23N3O/c1-17-8-5-6-12-21(17)25-20-14-19(15-23-16-20)22(26)24-13-7-11-18-9-3-2-4-10-18/h2-6,8-10,12,14-16,25H,7,11,13H2,1H3,(H,24,26). The lowest BCUT2D eigenvalue weighted by atomic mass is 10.1. The smallest absolute Gasteiger partial charge is 0.252 e. The predicted octanol–water partition coefficient (Wildman–Crippen LogP) is 4.50. The fourth-order valence-corrected chi connectivity index (χ4v) is 2.74. The average Bonchev–Trinajstić information content (AvgIpc) is 2.68. The van der Waals surface area contributed by atoms with Crippen molar-refractivity contribution in [2.75, 3.05) is 11.9 Å². The Balaban J connectivity index is 1.54. The van der Waals surface area contributed by atoms with Gasteiger partial charge in [0.05, 0.1) is 17.4 Å². The van der Waals surface area contributed by atoms with E-state index in [1.54, 1.807) is 12.4 Å². The van der Waals surface area contributed by atoms with Gasteiger partial charge in [-0.3, -0.25) is 9.78 Å². The molecule has 0 atom stereocenters. The van der Waals surface area contributed by atoms with Crippen LogP contribution in [0.2, 0.25) is 0 Å². The summed E-state index contributed by atoms with van der Waals surface area (Å²) in [6, 6.07) is 20.1. The second kappa shape index (κ2) is 8.81. The summed E-state index contributed by atoms with van der Waals surface area (Å²) in [6.45, 7) is 2.68.